The van der Waals surface area contributed by atoms with Crippen LogP contribution in [0.4, 0.5) is 5.00 Å². The normalized spacial score (nSPS) is 15.9. The number of anilines is 1. The largest absolute Gasteiger partial charge is 0.461 e. The molecule has 1 aromatic rings. The number of esters is 1. The van der Waals surface area contributed by atoms with Gasteiger partial charge in [0.05, 0.1) is 19.8 Å². The third-order valence-electron chi connectivity index (χ3n) is 2.39. The van der Waals surface area contributed by atoms with Gasteiger partial charge in [-0.05, 0) is 6.92 Å². The quantitative estimate of drug-likeness (QED) is 0.557. The number of ether oxygens (including phenoxy) is 2. The number of hydrogen-bond donors (Lipinski definition) is 0. The Morgan fingerprint density at radius 3 is 2.94 bits per heavy atom. The molecule has 1 aliphatic heterocycles. The number of carbonyl (C=O) groups is 1. The van der Waals surface area contributed by atoms with E-state index in [0.29, 0.717) is 30.4 Å². The molecule has 1 saturated heterocycles. The molecule has 0 amide bonds. The summed E-state index contributed by atoms with van der Waals surface area (Å²) in [7, 11) is 5.66. The molecule has 2 radical (unpaired) electrons. The number of carbonyl (C=O) groups excluding carboxylic acids is 1. The highest BCUT2D eigenvalue weighted by atomic mass is 32.1. The fraction of sp³-hybridized carbons (Fsp3) is 0.600. The summed E-state index contributed by atoms with van der Waals surface area (Å²) in [6.45, 7) is 4.89. The molecular formula is C10H13BN2O3S. The van der Waals surface area contributed by atoms with Gasteiger partial charge in [-0.3, -0.25) is 0 Å². The van der Waals surface area contributed by atoms with E-state index in [1.165, 1.54) is 11.3 Å². The number of aromatic nitrogens is 1. The number of hydrogen-bond acceptors (Lipinski definition) is 6. The first-order chi connectivity index (χ1) is 8.22. The van der Waals surface area contributed by atoms with Gasteiger partial charge in [0.2, 0.25) is 0 Å². The smallest absolute Gasteiger partial charge is 0.359 e. The van der Waals surface area contributed by atoms with Crippen molar-refractivity contribution < 1.29 is 14.3 Å². The number of nitrogens with zero attached hydrogens (tertiary/aromatic N) is 2. The van der Waals surface area contributed by atoms with Gasteiger partial charge in [0.15, 0.2) is 13.5 Å². The zero-order valence-electron chi connectivity index (χ0n) is 9.64. The SMILES string of the molecule is [B]c1nc(C(=O)OCC)c(N2CCOCC2)s1. The summed E-state index contributed by atoms with van der Waals surface area (Å²) in [6.07, 6.45) is 0. The van der Waals surface area contributed by atoms with Gasteiger partial charge in [-0.15, -0.1) is 11.3 Å². The summed E-state index contributed by atoms with van der Waals surface area (Å²) >= 11 is 1.31. The van der Waals surface area contributed by atoms with Crippen molar-refractivity contribution in [2.75, 3.05) is 37.8 Å². The first-order valence-corrected chi connectivity index (χ1v) is 6.30. The molecule has 0 spiro atoms. The molecule has 1 aliphatic rings. The molecule has 90 valence electrons. The van der Waals surface area contributed by atoms with Crippen molar-refractivity contribution in [2.24, 2.45) is 0 Å². The van der Waals surface area contributed by atoms with E-state index in [2.05, 4.69) is 9.88 Å². The molecule has 0 aliphatic carbocycles. The van der Waals surface area contributed by atoms with E-state index in [9.17, 15) is 4.79 Å². The standard InChI is InChI=1S/C10H13BN2O3S/c1-2-16-9(14)7-8(17-10(11)12-7)13-3-5-15-6-4-13/h2-6H2,1H3. The maximum absolute atomic E-state index is 11.7. The highest BCUT2D eigenvalue weighted by molar-refractivity contribution is 7.23. The average Bonchev–Trinajstić information content (AvgIpc) is 2.73. The molecule has 1 fully saturated rings. The second-order valence-electron chi connectivity index (χ2n) is 3.53. The van der Waals surface area contributed by atoms with Crippen LogP contribution in [-0.2, 0) is 9.47 Å². The van der Waals surface area contributed by atoms with E-state index >= 15 is 0 Å². The Balaban J connectivity index is 2.22. The molecule has 0 saturated carbocycles. The van der Waals surface area contributed by atoms with Crippen molar-refractivity contribution in [1.82, 2.24) is 4.98 Å². The molecule has 2 rings (SSSR count). The minimum atomic E-state index is -0.415. The van der Waals surface area contributed by atoms with Gasteiger partial charge in [0.1, 0.15) is 5.00 Å². The van der Waals surface area contributed by atoms with Crippen LogP contribution in [0.2, 0.25) is 0 Å². The first kappa shape index (κ1) is 12.4. The molecule has 0 aromatic carbocycles. The average molecular weight is 252 g/mol. The first-order valence-electron chi connectivity index (χ1n) is 5.48. The number of thiazole rings is 1. The van der Waals surface area contributed by atoms with Gasteiger partial charge in [0.25, 0.3) is 0 Å². The van der Waals surface area contributed by atoms with Crippen LogP contribution >= 0.6 is 11.3 Å². The van der Waals surface area contributed by atoms with E-state index in [0.717, 1.165) is 18.1 Å². The second kappa shape index (κ2) is 5.51. The minimum Gasteiger partial charge on any atom is -0.461 e. The summed E-state index contributed by atoms with van der Waals surface area (Å²) < 4.78 is 10.2. The maximum Gasteiger partial charge on any atom is 0.359 e. The molecule has 2 heterocycles. The lowest BCUT2D eigenvalue weighted by Crippen LogP contribution is -2.36. The number of rotatable bonds is 3. The van der Waals surface area contributed by atoms with Crippen molar-refractivity contribution in [3.8, 4) is 0 Å². The van der Waals surface area contributed by atoms with Gasteiger partial charge >= 0.3 is 5.97 Å². The predicted octanol–water partition coefficient (Wildman–Crippen LogP) is -0.0498. The summed E-state index contributed by atoms with van der Waals surface area (Å²) in [5, 5.41) is 0.782. The lowest BCUT2D eigenvalue weighted by Gasteiger charge is -2.27. The summed E-state index contributed by atoms with van der Waals surface area (Å²) in [5.74, 6) is -0.415. The zero-order valence-corrected chi connectivity index (χ0v) is 10.5. The van der Waals surface area contributed by atoms with Crippen LogP contribution in [-0.4, -0.2) is 51.7 Å². The fourth-order valence-electron chi connectivity index (χ4n) is 1.64. The molecule has 17 heavy (non-hydrogen) atoms. The van der Waals surface area contributed by atoms with E-state index in [1.54, 1.807) is 6.92 Å². The van der Waals surface area contributed by atoms with Gasteiger partial charge in [-0.1, -0.05) is 0 Å². The molecule has 1 aromatic heterocycles. The van der Waals surface area contributed by atoms with Crippen LogP contribution in [0.1, 0.15) is 17.4 Å². The molecule has 0 atom stereocenters. The Bertz CT molecular complexity index is 404. The molecule has 0 N–H and O–H groups in total. The topological polar surface area (TPSA) is 51.7 Å². The predicted molar refractivity (Wildman–Crippen MR) is 66.5 cm³/mol. The van der Waals surface area contributed by atoms with Gasteiger partial charge in [-0.2, -0.15) is 0 Å². The Morgan fingerprint density at radius 1 is 1.59 bits per heavy atom. The molecule has 0 bridgehead atoms. The van der Waals surface area contributed by atoms with Crippen molar-refractivity contribution >= 4 is 35.1 Å². The van der Waals surface area contributed by atoms with Gasteiger partial charge in [-0.25, -0.2) is 9.78 Å². The molecule has 7 heteroatoms. The Kier molecular flexibility index (Phi) is 4.01. The van der Waals surface area contributed by atoms with Crippen LogP contribution in [0.5, 0.6) is 0 Å². The monoisotopic (exact) mass is 252 g/mol. The lowest BCUT2D eigenvalue weighted by molar-refractivity contribution is 0.0520. The van der Waals surface area contributed by atoms with E-state index in [-0.39, 0.29) is 0 Å². The fourth-order valence-corrected chi connectivity index (χ4v) is 2.51. The van der Waals surface area contributed by atoms with Gasteiger partial charge in [0, 0.05) is 18.0 Å². The Hall–Kier alpha value is -1.08. The van der Waals surface area contributed by atoms with Crippen molar-refractivity contribution in [2.45, 2.75) is 6.92 Å². The molecular weight excluding hydrogens is 239 g/mol. The summed E-state index contributed by atoms with van der Waals surface area (Å²) in [4.78, 5) is 18.2. The third-order valence-corrected chi connectivity index (χ3v) is 3.34. The van der Waals surface area contributed by atoms with Crippen molar-refractivity contribution in [1.29, 1.82) is 0 Å². The van der Waals surface area contributed by atoms with Crippen LogP contribution in [0.15, 0.2) is 0 Å². The molecule has 0 unspecified atom stereocenters. The van der Waals surface area contributed by atoms with Crippen LogP contribution in [0, 0.1) is 0 Å². The van der Waals surface area contributed by atoms with Crippen molar-refractivity contribution in [3.63, 3.8) is 0 Å². The highest BCUT2D eigenvalue weighted by Crippen LogP contribution is 2.25. The third kappa shape index (κ3) is 2.78. The van der Waals surface area contributed by atoms with Crippen molar-refractivity contribution in [3.05, 3.63) is 5.69 Å². The Morgan fingerprint density at radius 2 is 2.29 bits per heavy atom. The molecule has 5 nitrogen and oxygen atoms in total. The van der Waals surface area contributed by atoms with Crippen LogP contribution in [0.25, 0.3) is 0 Å². The van der Waals surface area contributed by atoms with E-state index in [4.69, 9.17) is 17.3 Å². The van der Waals surface area contributed by atoms with Crippen LogP contribution in [0.3, 0.4) is 0 Å². The van der Waals surface area contributed by atoms with E-state index in [1.807, 2.05) is 0 Å². The van der Waals surface area contributed by atoms with E-state index < -0.39 is 5.97 Å². The number of morpholine rings is 1. The van der Waals surface area contributed by atoms with Gasteiger partial charge < -0.3 is 14.4 Å². The highest BCUT2D eigenvalue weighted by Gasteiger charge is 2.23. The summed E-state index contributed by atoms with van der Waals surface area (Å²) in [5.41, 5.74) is 0.316. The van der Waals surface area contributed by atoms with Crippen LogP contribution < -0.4 is 9.81 Å². The second-order valence-corrected chi connectivity index (χ2v) is 4.53. The minimum absolute atomic E-state index is 0.316. The lowest BCUT2D eigenvalue weighted by atomic mass is 10.2. The Labute approximate surface area is 105 Å². The zero-order chi connectivity index (χ0) is 12.3. The maximum atomic E-state index is 11.7. The summed E-state index contributed by atoms with van der Waals surface area (Å²) in [6, 6.07) is 0.